The van der Waals surface area contributed by atoms with Gasteiger partial charge in [0.15, 0.2) is 0 Å². The molecule has 9 heteroatoms. The Hall–Kier alpha value is -2.97. The summed E-state index contributed by atoms with van der Waals surface area (Å²) in [5.74, 6) is 0. The van der Waals surface area contributed by atoms with Crippen molar-refractivity contribution in [2.45, 2.75) is 13.1 Å². The van der Waals surface area contributed by atoms with Gasteiger partial charge in [-0.15, -0.1) is 0 Å². The molecule has 0 saturated carbocycles. The van der Waals surface area contributed by atoms with Gasteiger partial charge in [0.25, 0.3) is 5.56 Å². The molecule has 0 spiro atoms. The maximum absolute atomic E-state index is 11.5. The van der Waals surface area contributed by atoms with E-state index in [2.05, 4.69) is 0 Å². The van der Waals surface area contributed by atoms with Crippen LogP contribution in [0, 0.1) is 10.1 Å². The van der Waals surface area contributed by atoms with E-state index in [1.54, 1.807) is 12.1 Å². The van der Waals surface area contributed by atoms with Crippen molar-refractivity contribution in [3.8, 4) is 0 Å². The van der Waals surface area contributed by atoms with E-state index < -0.39 is 21.9 Å². The Balaban J connectivity index is 2.31. The van der Waals surface area contributed by atoms with Gasteiger partial charge in [-0.2, -0.15) is 0 Å². The first kappa shape index (κ1) is 13.5. The van der Waals surface area contributed by atoms with Gasteiger partial charge in [0.1, 0.15) is 0 Å². The van der Waals surface area contributed by atoms with Crippen LogP contribution in [0.4, 0.5) is 5.69 Å². The molecule has 9 nitrogen and oxygen atoms in total. The van der Waals surface area contributed by atoms with Gasteiger partial charge >= 0.3 is 16.9 Å². The molecule has 2 rings (SSSR count). The van der Waals surface area contributed by atoms with E-state index in [0.717, 1.165) is 10.8 Å². The van der Waals surface area contributed by atoms with Crippen LogP contribution < -0.4 is 16.8 Å². The standard InChI is InChI=1S/C11H10N4O5/c16-9-3-1-2-4-13(9)5-6-14-7-8(15(19)20)10(17)12-11(14)18/h1-4,7H,5-6H2,(H,12,17,18). The highest BCUT2D eigenvalue weighted by Crippen LogP contribution is 1.99. The van der Waals surface area contributed by atoms with Crippen molar-refractivity contribution in [2.24, 2.45) is 0 Å². The number of aromatic nitrogens is 3. The molecule has 1 N–H and O–H groups in total. The Morgan fingerprint density at radius 1 is 1.15 bits per heavy atom. The fraction of sp³-hybridized carbons (Fsp3) is 0.182. The van der Waals surface area contributed by atoms with Crippen molar-refractivity contribution < 1.29 is 4.92 Å². The van der Waals surface area contributed by atoms with Crippen molar-refractivity contribution in [1.82, 2.24) is 14.1 Å². The van der Waals surface area contributed by atoms with Crippen LogP contribution in [-0.2, 0) is 13.1 Å². The molecular weight excluding hydrogens is 268 g/mol. The summed E-state index contributed by atoms with van der Waals surface area (Å²) in [6, 6.07) is 4.59. The molecule has 0 fully saturated rings. The summed E-state index contributed by atoms with van der Waals surface area (Å²) in [6.45, 7) is 0.184. The second kappa shape index (κ2) is 5.34. The highest BCUT2D eigenvalue weighted by molar-refractivity contribution is 5.20. The number of hydrogen-bond acceptors (Lipinski definition) is 5. The van der Waals surface area contributed by atoms with Gasteiger partial charge in [0.05, 0.1) is 11.1 Å². The quantitative estimate of drug-likeness (QED) is 0.586. The lowest BCUT2D eigenvalue weighted by Crippen LogP contribution is -2.32. The Bertz CT molecular complexity index is 816. The van der Waals surface area contributed by atoms with Crippen molar-refractivity contribution in [2.75, 3.05) is 0 Å². The predicted octanol–water partition coefficient (Wildman–Crippen LogP) is -0.693. The summed E-state index contributed by atoms with van der Waals surface area (Å²) in [7, 11) is 0. The van der Waals surface area contributed by atoms with Gasteiger partial charge in [-0.1, -0.05) is 6.07 Å². The van der Waals surface area contributed by atoms with Crippen molar-refractivity contribution >= 4 is 5.69 Å². The minimum Gasteiger partial charge on any atom is -0.314 e. The van der Waals surface area contributed by atoms with E-state index >= 15 is 0 Å². The zero-order valence-electron chi connectivity index (χ0n) is 10.2. The largest absolute Gasteiger partial charge is 0.350 e. The highest BCUT2D eigenvalue weighted by Gasteiger charge is 2.14. The van der Waals surface area contributed by atoms with E-state index in [-0.39, 0.29) is 18.6 Å². The summed E-state index contributed by atoms with van der Waals surface area (Å²) in [4.78, 5) is 45.8. The van der Waals surface area contributed by atoms with E-state index in [0.29, 0.717) is 0 Å². The molecule has 20 heavy (non-hydrogen) atoms. The minimum absolute atomic E-state index is 0.0281. The van der Waals surface area contributed by atoms with E-state index in [1.165, 1.54) is 16.8 Å². The zero-order chi connectivity index (χ0) is 14.7. The number of rotatable bonds is 4. The number of nitro groups is 1. The molecule has 0 amide bonds. The number of aromatic amines is 1. The number of H-pyrrole nitrogens is 1. The molecule has 0 unspecified atom stereocenters. The number of hydrogen-bond donors (Lipinski definition) is 1. The predicted molar refractivity (Wildman–Crippen MR) is 68.7 cm³/mol. The summed E-state index contributed by atoms with van der Waals surface area (Å²) < 4.78 is 2.34. The molecule has 0 radical (unpaired) electrons. The maximum atomic E-state index is 11.5. The Labute approximate surface area is 110 Å². The average molecular weight is 278 g/mol. The second-order valence-corrected chi connectivity index (χ2v) is 3.96. The molecule has 2 heterocycles. The lowest BCUT2D eigenvalue weighted by molar-refractivity contribution is -0.386. The first-order chi connectivity index (χ1) is 9.49. The summed E-state index contributed by atoms with van der Waals surface area (Å²) in [6.07, 6.45) is 2.41. The molecule has 0 aromatic carbocycles. The third-order valence-electron chi connectivity index (χ3n) is 2.67. The molecule has 2 aromatic heterocycles. The van der Waals surface area contributed by atoms with Crippen LogP contribution >= 0.6 is 0 Å². The first-order valence-electron chi connectivity index (χ1n) is 5.62. The Morgan fingerprint density at radius 3 is 2.50 bits per heavy atom. The van der Waals surface area contributed by atoms with E-state index in [1.807, 2.05) is 4.98 Å². The number of pyridine rings is 1. The fourth-order valence-corrected chi connectivity index (χ4v) is 1.65. The van der Waals surface area contributed by atoms with Gasteiger partial charge in [-0.05, 0) is 6.07 Å². The minimum atomic E-state index is -1.05. The monoisotopic (exact) mass is 278 g/mol. The number of nitrogens with zero attached hydrogens (tertiary/aromatic N) is 3. The molecule has 0 aliphatic carbocycles. The van der Waals surface area contributed by atoms with Gasteiger partial charge in [0.2, 0.25) is 0 Å². The van der Waals surface area contributed by atoms with Gasteiger partial charge < -0.3 is 4.57 Å². The number of nitrogens with one attached hydrogen (secondary N) is 1. The molecule has 0 saturated heterocycles. The zero-order valence-corrected chi connectivity index (χ0v) is 10.2. The first-order valence-corrected chi connectivity index (χ1v) is 5.62. The highest BCUT2D eigenvalue weighted by atomic mass is 16.6. The Morgan fingerprint density at radius 2 is 1.85 bits per heavy atom. The van der Waals surface area contributed by atoms with Gasteiger partial charge in [0, 0.05) is 25.4 Å². The lowest BCUT2D eigenvalue weighted by Gasteiger charge is -2.06. The summed E-state index contributed by atoms with van der Waals surface area (Å²) in [5.41, 5.74) is -2.78. The molecule has 0 aliphatic heterocycles. The SMILES string of the molecule is O=c1[nH]c(=O)n(CCn2ccccc2=O)cc1[N+](=O)[O-]. The third kappa shape index (κ3) is 2.71. The average Bonchev–Trinajstić information content (AvgIpc) is 2.39. The molecule has 0 atom stereocenters. The van der Waals surface area contributed by atoms with Crippen molar-refractivity contribution in [3.05, 3.63) is 71.9 Å². The molecule has 2 aromatic rings. The Kier molecular flexibility index (Phi) is 3.60. The summed E-state index contributed by atoms with van der Waals surface area (Å²) in [5, 5.41) is 10.6. The normalized spacial score (nSPS) is 10.4. The van der Waals surface area contributed by atoms with Gasteiger partial charge in [-0.3, -0.25) is 29.3 Å². The van der Waals surface area contributed by atoms with E-state index in [4.69, 9.17) is 0 Å². The van der Waals surface area contributed by atoms with Crippen LogP contribution in [-0.4, -0.2) is 19.0 Å². The fourth-order valence-electron chi connectivity index (χ4n) is 1.65. The second-order valence-electron chi connectivity index (χ2n) is 3.96. The van der Waals surface area contributed by atoms with Gasteiger partial charge in [-0.25, -0.2) is 4.79 Å². The molecular formula is C11H10N4O5. The van der Waals surface area contributed by atoms with Crippen LogP contribution in [0.15, 0.2) is 45.0 Å². The van der Waals surface area contributed by atoms with Crippen LogP contribution in [0.2, 0.25) is 0 Å². The van der Waals surface area contributed by atoms with Crippen molar-refractivity contribution in [3.63, 3.8) is 0 Å². The lowest BCUT2D eigenvalue weighted by atomic mass is 10.4. The summed E-state index contributed by atoms with van der Waals surface area (Å²) >= 11 is 0. The van der Waals surface area contributed by atoms with E-state index in [9.17, 15) is 24.5 Å². The molecule has 0 aliphatic rings. The third-order valence-corrected chi connectivity index (χ3v) is 2.67. The smallest absolute Gasteiger partial charge is 0.314 e. The van der Waals surface area contributed by atoms with Crippen LogP contribution in [0.5, 0.6) is 0 Å². The van der Waals surface area contributed by atoms with Crippen LogP contribution in [0.25, 0.3) is 0 Å². The molecule has 0 bridgehead atoms. The molecule has 104 valence electrons. The maximum Gasteiger partial charge on any atom is 0.350 e. The van der Waals surface area contributed by atoms with Crippen LogP contribution in [0.3, 0.4) is 0 Å². The number of aryl methyl sites for hydroxylation is 2. The topological polar surface area (TPSA) is 120 Å². The van der Waals surface area contributed by atoms with Crippen LogP contribution in [0.1, 0.15) is 0 Å². The van der Waals surface area contributed by atoms with Crippen molar-refractivity contribution in [1.29, 1.82) is 0 Å².